The first-order valence-electron chi connectivity index (χ1n) is 7.61. The van der Waals surface area contributed by atoms with Crippen LogP contribution in [-0.4, -0.2) is 34.6 Å². The number of nitrogens with two attached hydrogens (primary N) is 1. The van der Waals surface area contributed by atoms with Gasteiger partial charge in [-0.25, -0.2) is 5.84 Å². The number of benzene rings is 1. The first kappa shape index (κ1) is 14.5. The molecule has 0 amide bonds. The highest BCUT2D eigenvalue weighted by molar-refractivity contribution is 5.55. The van der Waals surface area contributed by atoms with Crippen LogP contribution in [-0.2, 0) is 0 Å². The van der Waals surface area contributed by atoms with Gasteiger partial charge in [0.05, 0.1) is 0 Å². The van der Waals surface area contributed by atoms with Crippen LogP contribution in [0.3, 0.4) is 0 Å². The molecule has 0 aliphatic carbocycles. The minimum Gasteiger partial charge on any atom is -0.341 e. The van der Waals surface area contributed by atoms with E-state index in [0.717, 1.165) is 18.8 Å². The lowest BCUT2D eigenvalue weighted by Gasteiger charge is -2.20. The van der Waals surface area contributed by atoms with Gasteiger partial charge in [0.1, 0.15) is 0 Å². The van der Waals surface area contributed by atoms with Crippen molar-refractivity contribution in [2.24, 2.45) is 5.84 Å². The Morgan fingerprint density at radius 3 is 2.55 bits per heavy atom. The highest BCUT2D eigenvalue weighted by Crippen LogP contribution is 2.21. The molecule has 1 saturated heterocycles. The zero-order valence-corrected chi connectivity index (χ0v) is 12.7. The Morgan fingerprint density at radius 2 is 1.86 bits per heavy atom. The molecule has 0 bridgehead atoms. The number of aromatic nitrogens is 3. The first-order chi connectivity index (χ1) is 10.8. The monoisotopic (exact) mass is 299 g/mol. The average Bonchev–Trinajstić information content (AvgIpc) is 3.09. The number of hydrogen-bond acceptors (Lipinski definition) is 7. The molecule has 0 atom stereocenters. The third-order valence-corrected chi connectivity index (χ3v) is 3.63. The maximum Gasteiger partial charge on any atom is 0.246 e. The van der Waals surface area contributed by atoms with E-state index in [-0.39, 0.29) is 0 Å². The summed E-state index contributed by atoms with van der Waals surface area (Å²) < 4.78 is 0. The van der Waals surface area contributed by atoms with E-state index in [2.05, 4.69) is 25.2 Å². The van der Waals surface area contributed by atoms with Crippen LogP contribution in [0, 0.1) is 0 Å². The van der Waals surface area contributed by atoms with E-state index in [9.17, 15) is 0 Å². The van der Waals surface area contributed by atoms with Crippen LogP contribution in [0.4, 0.5) is 23.5 Å². The SMILES string of the molecule is CCN(N)c1nc(Nc2ccccc2)nc(N2CCCC2)n1. The van der Waals surface area contributed by atoms with Gasteiger partial charge in [-0.2, -0.15) is 15.0 Å². The summed E-state index contributed by atoms with van der Waals surface area (Å²) in [5.74, 6) is 7.64. The molecule has 0 saturated carbocycles. The van der Waals surface area contributed by atoms with Crippen LogP contribution in [0.1, 0.15) is 19.8 Å². The Kier molecular flexibility index (Phi) is 4.34. The molecule has 0 spiro atoms. The summed E-state index contributed by atoms with van der Waals surface area (Å²) in [6.45, 7) is 4.55. The molecular weight excluding hydrogens is 278 g/mol. The Bertz CT molecular complexity index is 611. The number of para-hydroxylation sites is 1. The van der Waals surface area contributed by atoms with Crippen LogP contribution in [0.25, 0.3) is 0 Å². The fraction of sp³-hybridized carbons (Fsp3) is 0.400. The zero-order chi connectivity index (χ0) is 15.4. The molecule has 7 nitrogen and oxygen atoms in total. The summed E-state index contributed by atoms with van der Waals surface area (Å²) in [5.41, 5.74) is 0.937. The molecule has 1 aromatic carbocycles. The summed E-state index contributed by atoms with van der Waals surface area (Å²) in [6.07, 6.45) is 2.34. The summed E-state index contributed by atoms with van der Waals surface area (Å²) in [7, 11) is 0. The van der Waals surface area contributed by atoms with Crippen molar-refractivity contribution in [3.05, 3.63) is 30.3 Å². The van der Waals surface area contributed by atoms with Crippen LogP contribution < -0.4 is 21.1 Å². The molecule has 0 radical (unpaired) electrons. The van der Waals surface area contributed by atoms with E-state index in [0.29, 0.717) is 24.4 Å². The fourth-order valence-electron chi connectivity index (χ4n) is 2.39. The smallest absolute Gasteiger partial charge is 0.246 e. The highest BCUT2D eigenvalue weighted by Gasteiger charge is 2.18. The van der Waals surface area contributed by atoms with Gasteiger partial charge in [-0.3, -0.25) is 5.01 Å². The number of hydrogen-bond donors (Lipinski definition) is 2. The summed E-state index contributed by atoms with van der Waals surface area (Å²) in [5, 5.41) is 4.74. The summed E-state index contributed by atoms with van der Waals surface area (Å²) in [4.78, 5) is 15.6. The standard InChI is InChI=1S/C15H21N7/c1-2-22(16)15-19-13(17-12-8-4-3-5-9-12)18-14(20-15)21-10-6-7-11-21/h3-5,8-9H,2,6-7,10-11,16H2,1H3,(H,17,18,19,20). The third kappa shape index (κ3) is 3.25. The molecule has 1 aliphatic heterocycles. The lowest BCUT2D eigenvalue weighted by atomic mass is 10.3. The number of nitrogens with zero attached hydrogens (tertiary/aromatic N) is 5. The van der Waals surface area contributed by atoms with E-state index in [4.69, 9.17) is 5.84 Å². The lowest BCUT2D eigenvalue weighted by Crippen LogP contribution is -2.33. The van der Waals surface area contributed by atoms with Crippen molar-refractivity contribution in [3.63, 3.8) is 0 Å². The highest BCUT2D eigenvalue weighted by atomic mass is 15.5. The van der Waals surface area contributed by atoms with Gasteiger partial charge in [0, 0.05) is 25.3 Å². The van der Waals surface area contributed by atoms with Gasteiger partial charge >= 0.3 is 0 Å². The Hall–Kier alpha value is -2.41. The van der Waals surface area contributed by atoms with Crippen molar-refractivity contribution in [1.29, 1.82) is 0 Å². The second kappa shape index (κ2) is 6.57. The molecule has 3 N–H and O–H groups in total. The average molecular weight is 299 g/mol. The Labute approximate surface area is 130 Å². The Balaban J connectivity index is 1.91. The predicted molar refractivity (Wildman–Crippen MR) is 88.2 cm³/mol. The second-order valence-corrected chi connectivity index (χ2v) is 5.23. The maximum atomic E-state index is 5.96. The number of anilines is 4. The molecular formula is C15H21N7. The van der Waals surface area contributed by atoms with Crippen molar-refractivity contribution in [2.75, 3.05) is 34.9 Å². The maximum absolute atomic E-state index is 5.96. The molecule has 2 aromatic rings. The molecule has 1 aromatic heterocycles. The number of rotatable bonds is 5. The van der Waals surface area contributed by atoms with Crippen molar-refractivity contribution < 1.29 is 0 Å². The van der Waals surface area contributed by atoms with Crippen LogP contribution >= 0.6 is 0 Å². The predicted octanol–water partition coefficient (Wildman–Crippen LogP) is 1.92. The van der Waals surface area contributed by atoms with Gasteiger partial charge in [0.2, 0.25) is 17.8 Å². The van der Waals surface area contributed by atoms with Gasteiger partial charge in [-0.1, -0.05) is 18.2 Å². The van der Waals surface area contributed by atoms with Crippen molar-refractivity contribution in [2.45, 2.75) is 19.8 Å². The molecule has 7 heteroatoms. The molecule has 0 unspecified atom stereocenters. The van der Waals surface area contributed by atoms with Gasteiger partial charge in [0.15, 0.2) is 0 Å². The molecule has 116 valence electrons. The van der Waals surface area contributed by atoms with Crippen molar-refractivity contribution in [1.82, 2.24) is 15.0 Å². The zero-order valence-electron chi connectivity index (χ0n) is 12.7. The van der Waals surface area contributed by atoms with Gasteiger partial charge < -0.3 is 10.2 Å². The summed E-state index contributed by atoms with van der Waals surface area (Å²) >= 11 is 0. The van der Waals surface area contributed by atoms with Crippen molar-refractivity contribution >= 4 is 23.5 Å². The lowest BCUT2D eigenvalue weighted by molar-refractivity contribution is 0.810. The molecule has 3 rings (SSSR count). The largest absolute Gasteiger partial charge is 0.341 e. The topological polar surface area (TPSA) is 83.2 Å². The van der Waals surface area contributed by atoms with E-state index in [1.165, 1.54) is 17.9 Å². The van der Waals surface area contributed by atoms with Crippen LogP contribution in [0.15, 0.2) is 30.3 Å². The minimum atomic E-state index is 0.484. The van der Waals surface area contributed by atoms with Crippen molar-refractivity contribution in [3.8, 4) is 0 Å². The molecule has 2 heterocycles. The molecule has 1 aliphatic rings. The number of nitrogens with one attached hydrogen (secondary N) is 1. The normalized spacial score (nSPS) is 14.2. The number of hydrazine groups is 1. The minimum absolute atomic E-state index is 0.484. The van der Waals surface area contributed by atoms with E-state index in [1.54, 1.807) is 0 Å². The van der Waals surface area contributed by atoms with Gasteiger partial charge in [-0.05, 0) is 31.9 Å². The molecule has 22 heavy (non-hydrogen) atoms. The van der Waals surface area contributed by atoms with Gasteiger partial charge in [0.25, 0.3) is 0 Å². The third-order valence-electron chi connectivity index (χ3n) is 3.63. The van der Waals surface area contributed by atoms with E-state index >= 15 is 0 Å². The molecule has 1 fully saturated rings. The van der Waals surface area contributed by atoms with Crippen LogP contribution in [0.2, 0.25) is 0 Å². The quantitative estimate of drug-likeness (QED) is 0.644. The first-order valence-corrected chi connectivity index (χ1v) is 7.61. The van der Waals surface area contributed by atoms with E-state index in [1.807, 2.05) is 37.3 Å². The Morgan fingerprint density at radius 1 is 1.14 bits per heavy atom. The summed E-state index contributed by atoms with van der Waals surface area (Å²) in [6, 6.07) is 9.84. The fourth-order valence-corrected chi connectivity index (χ4v) is 2.39. The van der Waals surface area contributed by atoms with E-state index < -0.39 is 0 Å². The van der Waals surface area contributed by atoms with Crippen LogP contribution in [0.5, 0.6) is 0 Å². The van der Waals surface area contributed by atoms with Gasteiger partial charge in [-0.15, -0.1) is 0 Å². The second-order valence-electron chi connectivity index (χ2n) is 5.23.